The molecule has 0 unspecified atom stereocenters. The van der Waals surface area contributed by atoms with Crippen LogP contribution in [0.1, 0.15) is 15.9 Å². The van der Waals surface area contributed by atoms with E-state index in [1.165, 1.54) is 11.8 Å². The Bertz CT molecular complexity index is 1140. The molecular weight excluding hydrogens is 438 g/mol. The van der Waals surface area contributed by atoms with E-state index in [0.717, 1.165) is 5.56 Å². The molecule has 158 valence electrons. The molecule has 0 spiro atoms. The highest BCUT2D eigenvalue weighted by molar-refractivity contribution is 8.26. The second-order valence-electron chi connectivity index (χ2n) is 6.13. The molecule has 0 atom stereocenters. The first-order chi connectivity index (χ1) is 14.8. The molecule has 1 fully saturated rings. The molecular formula is C22H17NO6S2. The number of carbonyl (C=O) groups excluding carboxylic acids is 3. The zero-order valence-electron chi connectivity index (χ0n) is 16.6. The summed E-state index contributed by atoms with van der Waals surface area (Å²) in [5.41, 5.74) is 1.06. The first-order valence-electron chi connectivity index (χ1n) is 8.86. The fourth-order valence-electron chi connectivity index (χ4n) is 2.75. The quantitative estimate of drug-likeness (QED) is 0.247. The highest BCUT2D eigenvalue weighted by Gasteiger charge is 2.28. The van der Waals surface area contributed by atoms with Crippen molar-refractivity contribution in [3.8, 4) is 17.2 Å². The van der Waals surface area contributed by atoms with Crippen molar-refractivity contribution >= 4 is 52.0 Å². The molecule has 2 aliphatic rings. The number of thiocarbonyl (C=S) groups is 1. The zero-order valence-corrected chi connectivity index (χ0v) is 18.2. The molecule has 31 heavy (non-hydrogen) atoms. The minimum absolute atomic E-state index is 0.112. The van der Waals surface area contributed by atoms with E-state index >= 15 is 0 Å². The monoisotopic (exact) mass is 455 g/mol. The average Bonchev–Trinajstić information content (AvgIpc) is 3.09. The third-order valence-corrected chi connectivity index (χ3v) is 5.38. The molecule has 9 heteroatoms. The van der Waals surface area contributed by atoms with Crippen LogP contribution in [0.15, 0.2) is 59.5 Å². The van der Waals surface area contributed by atoms with E-state index in [9.17, 15) is 14.4 Å². The number of carbonyl (C=O) groups is 3. The number of hydrogen-bond donors (Lipinski definition) is 1. The van der Waals surface area contributed by atoms with Crippen molar-refractivity contribution in [1.29, 1.82) is 0 Å². The van der Waals surface area contributed by atoms with Crippen LogP contribution in [0.5, 0.6) is 17.2 Å². The Labute approximate surface area is 188 Å². The van der Waals surface area contributed by atoms with Gasteiger partial charge < -0.3 is 19.5 Å². The average molecular weight is 456 g/mol. The Kier molecular flexibility index (Phi) is 6.88. The number of esters is 1. The second-order valence-corrected chi connectivity index (χ2v) is 7.85. The molecule has 0 saturated carbocycles. The van der Waals surface area contributed by atoms with Gasteiger partial charge in [-0.15, -0.1) is 0 Å². The van der Waals surface area contributed by atoms with Gasteiger partial charge in [-0.2, -0.15) is 0 Å². The van der Waals surface area contributed by atoms with Crippen molar-refractivity contribution in [2.24, 2.45) is 0 Å². The van der Waals surface area contributed by atoms with Crippen LogP contribution in [0.25, 0.3) is 6.08 Å². The summed E-state index contributed by atoms with van der Waals surface area (Å²) in [7, 11) is 3.13. The zero-order chi connectivity index (χ0) is 22.5. The van der Waals surface area contributed by atoms with Crippen LogP contribution >= 0.6 is 24.0 Å². The fraction of sp³-hybridized carbons (Fsp3) is 0.0909. The highest BCUT2D eigenvalue weighted by atomic mass is 32.2. The molecule has 0 aromatic heterocycles. The maximum Gasteiger partial charge on any atom is 0.346 e. The third kappa shape index (κ3) is 4.84. The SMILES string of the molecule is C=C1C(=O)Oc2ccccc2C1=O.COc1cccc(C=C2SC(=S)NC2=O)c1OC. The lowest BCUT2D eigenvalue weighted by Crippen LogP contribution is -2.24. The summed E-state index contributed by atoms with van der Waals surface area (Å²) >= 11 is 6.17. The largest absolute Gasteiger partial charge is 0.493 e. The molecule has 1 N–H and O–H groups in total. The van der Waals surface area contributed by atoms with Gasteiger partial charge in [-0.1, -0.05) is 54.8 Å². The molecule has 7 nitrogen and oxygen atoms in total. The van der Waals surface area contributed by atoms with Crippen LogP contribution in [-0.4, -0.2) is 36.2 Å². The second kappa shape index (κ2) is 9.59. The molecule has 2 heterocycles. The van der Waals surface area contributed by atoms with E-state index < -0.39 is 5.97 Å². The summed E-state index contributed by atoms with van der Waals surface area (Å²) in [4.78, 5) is 34.6. The van der Waals surface area contributed by atoms with Crippen molar-refractivity contribution in [1.82, 2.24) is 5.32 Å². The third-order valence-electron chi connectivity index (χ3n) is 4.22. The van der Waals surface area contributed by atoms with Crippen LogP contribution in [0.3, 0.4) is 0 Å². The van der Waals surface area contributed by atoms with Crippen molar-refractivity contribution < 1.29 is 28.6 Å². The lowest BCUT2D eigenvalue weighted by atomic mass is 10.0. The summed E-state index contributed by atoms with van der Waals surface area (Å²) in [6.45, 7) is 3.35. The topological polar surface area (TPSA) is 90.9 Å². The number of hydrogen-bond acceptors (Lipinski definition) is 8. The van der Waals surface area contributed by atoms with Gasteiger partial charge in [0.05, 0.1) is 24.7 Å². The number of ether oxygens (including phenoxy) is 3. The number of Topliss-reactive ketones (excluding diaryl/α,β-unsaturated/α-hetero) is 1. The molecule has 1 amide bonds. The summed E-state index contributed by atoms with van der Waals surface area (Å²) in [6.07, 6.45) is 1.74. The minimum Gasteiger partial charge on any atom is -0.493 e. The van der Waals surface area contributed by atoms with E-state index in [2.05, 4.69) is 11.9 Å². The van der Waals surface area contributed by atoms with E-state index in [-0.39, 0.29) is 17.3 Å². The smallest absolute Gasteiger partial charge is 0.346 e. The van der Waals surface area contributed by atoms with Crippen molar-refractivity contribution in [3.63, 3.8) is 0 Å². The number of para-hydroxylation sites is 2. The standard InChI is InChI=1S/C12H11NO3S2.C10H6O3/c1-15-8-5-3-4-7(10(8)16-2)6-9-11(14)13-12(17)18-9;1-6-9(11)7-4-2-3-5-8(7)13-10(6)12/h3-6H,1-2H3,(H,13,14,17);2-5H,1H2. The van der Waals surface area contributed by atoms with Gasteiger partial charge >= 0.3 is 5.97 Å². The normalized spacial score (nSPS) is 16.2. The summed E-state index contributed by atoms with van der Waals surface area (Å²) in [6, 6.07) is 12.1. The number of nitrogens with one attached hydrogen (secondary N) is 1. The van der Waals surface area contributed by atoms with Gasteiger partial charge in [0, 0.05) is 5.56 Å². The van der Waals surface area contributed by atoms with Crippen LogP contribution in [0, 0.1) is 0 Å². The van der Waals surface area contributed by atoms with Gasteiger partial charge in [-0.05, 0) is 24.3 Å². The molecule has 2 aromatic carbocycles. The van der Waals surface area contributed by atoms with Crippen molar-refractivity contribution in [3.05, 3.63) is 70.6 Å². The number of rotatable bonds is 3. The molecule has 0 bridgehead atoms. The number of benzene rings is 2. The van der Waals surface area contributed by atoms with Gasteiger partial charge in [-0.3, -0.25) is 9.59 Å². The number of methoxy groups -OCH3 is 2. The van der Waals surface area contributed by atoms with E-state index in [0.29, 0.717) is 32.0 Å². The van der Waals surface area contributed by atoms with E-state index in [1.54, 1.807) is 50.6 Å². The number of ketones is 1. The molecule has 0 aliphatic carbocycles. The van der Waals surface area contributed by atoms with Crippen LogP contribution in [0.4, 0.5) is 0 Å². The predicted molar refractivity (Wildman–Crippen MR) is 121 cm³/mol. The first kappa shape index (κ1) is 22.3. The molecule has 2 aliphatic heterocycles. The molecule has 2 aromatic rings. The number of fused-ring (bicyclic) bond motifs is 1. The fourth-order valence-corrected chi connectivity index (χ4v) is 3.78. The van der Waals surface area contributed by atoms with Gasteiger partial charge in [0.2, 0.25) is 5.78 Å². The van der Waals surface area contributed by atoms with E-state index in [1.807, 2.05) is 12.1 Å². The predicted octanol–water partition coefficient (Wildman–Crippen LogP) is 3.54. The Morgan fingerprint density at radius 2 is 1.81 bits per heavy atom. The highest BCUT2D eigenvalue weighted by Crippen LogP contribution is 2.34. The molecule has 4 rings (SSSR count). The molecule has 1 saturated heterocycles. The van der Waals surface area contributed by atoms with Crippen LogP contribution in [0.2, 0.25) is 0 Å². The Morgan fingerprint density at radius 1 is 1.06 bits per heavy atom. The van der Waals surface area contributed by atoms with E-state index in [4.69, 9.17) is 26.4 Å². The van der Waals surface area contributed by atoms with Crippen LogP contribution < -0.4 is 19.5 Å². The Morgan fingerprint density at radius 3 is 2.45 bits per heavy atom. The Balaban J connectivity index is 0.000000185. The van der Waals surface area contributed by atoms with Gasteiger partial charge in [-0.25, -0.2) is 4.79 Å². The van der Waals surface area contributed by atoms with Crippen molar-refractivity contribution in [2.45, 2.75) is 0 Å². The minimum atomic E-state index is -0.663. The molecule has 0 radical (unpaired) electrons. The van der Waals surface area contributed by atoms with Crippen LogP contribution in [-0.2, 0) is 9.59 Å². The summed E-state index contributed by atoms with van der Waals surface area (Å²) < 4.78 is 15.8. The number of thioether (sulfide) groups is 1. The Hall–Kier alpha value is -3.43. The van der Waals surface area contributed by atoms with Crippen molar-refractivity contribution in [2.75, 3.05) is 14.2 Å². The first-order valence-corrected chi connectivity index (χ1v) is 10.1. The summed E-state index contributed by atoms with van der Waals surface area (Å²) in [5.74, 6) is 0.326. The van der Waals surface area contributed by atoms with Gasteiger partial charge in [0.1, 0.15) is 15.6 Å². The number of amides is 1. The van der Waals surface area contributed by atoms with Gasteiger partial charge in [0.15, 0.2) is 11.5 Å². The lowest BCUT2D eigenvalue weighted by Gasteiger charge is -2.14. The maximum atomic E-state index is 11.6. The maximum absolute atomic E-state index is 11.6. The van der Waals surface area contributed by atoms with Gasteiger partial charge in [0.25, 0.3) is 5.91 Å². The lowest BCUT2D eigenvalue weighted by molar-refractivity contribution is -0.130. The summed E-state index contributed by atoms with van der Waals surface area (Å²) in [5, 5.41) is 2.57.